The van der Waals surface area contributed by atoms with E-state index >= 15 is 0 Å². The molecule has 0 radical (unpaired) electrons. The van der Waals surface area contributed by atoms with Gasteiger partial charge >= 0.3 is 6.03 Å². The standard InChI is InChI=1S/C17H24N2O3/c1-12(2)22-15-9-7-13(8-10-15)16(20)11-18-17(21)19-14-5-3-4-6-14/h3-4,7-10,12,14,16,20H,5-6,11H2,1-2H3,(H2,18,19,21). The van der Waals surface area contributed by atoms with Crippen molar-refractivity contribution in [3.8, 4) is 5.75 Å². The lowest BCUT2D eigenvalue weighted by molar-refractivity contribution is 0.172. The van der Waals surface area contributed by atoms with E-state index < -0.39 is 6.10 Å². The first kappa shape index (κ1) is 16.4. The average Bonchev–Trinajstić information content (AvgIpc) is 2.98. The molecule has 3 N–H and O–H groups in total. The van der Waals surface area contributed by atoms with Crippen molar-refractivity contribution in [2.75, 3.05) is 6.54 Å². The van der Waals surface area contributed by atoms with E-state index in [2.05, 4.69) is 22.8 Å². The van der Waals surface area contributed by atoms with Crippen LogP contribution in [0.1, 0.15) is 38.4 Å². The van der Waals surface area contributed by atoms with Gasteiger partial charge < -0.3 is 20.5 Å². The van der Waals surface area contributed by atoms with Gasteiger partial charge in [0.15, 0.2) is 0 Å². The molecule has 22 heavy (non-hydrogen) atoms. The van der Waals surface area contributed by atoms with Gasteiger partial charge in [0.2, 0.25) is 0 Å². The summed E-state index contributed by atoms with van der Waals surface area (Å²) < 4.78 is 5.55. The van der Waals surface area contributed by atoms with Gasteiger partial charge in [0, 0.05) is 12.6 Å². The van der Waals surface area contributed by atoms with E-state index in [1.54, 1.807) is 0 Å². The van der Waals surface area contributed by atoms with Crippen LogP contribution in [0.15, 0.2) is 36.4 Å². The van der Waals surface area contributed by atoms with E-state index in [1.165, 1.54) is 0 Å². The third-order valence-corrected chi connectivity index (χ3v) is 3.44. The molecule has 5 nitrogen and oxygen atoms in total. The van der Waals surface area contributed by atoms with Crippen molar-refractivity contribution >= 4 is 6.03 Å². The fourth-order valence-electron chi connectivity index (χ4n) is 2.32. The maximum Gasteiger partial charge on any atom is 0.315 e. The fraction of sp³-hybridized carbons (Fsp3) is 0.471. The van der Waals surface area contributed by atoms with Crippen LogP contribution >= 0.6 is 0 Å². The monoisotopic (exact) mass is 304 g/mol. The average molecular weight is 304 g/mol. The molecule has 120 valence electrons. The van der Waals surface area contributed by atoms with Crippen molar-refractivity contribution in [2.24, 2.45) is 0 Å². The number of ether oxygens (including phenoxy) is 1. The highest BCUT2D eigenvalue weighted by Crippen LogP contribution is 2.18. The van der Waals surface area contributed by atoms with Crippen molar-refractivity contribution in [1.82, 2.24) is 10.6 Å². The largest absolute Gasteiger partial charge is 0.491 e. The summed E-state index contributed by atoms with van der Waals surface area (Å²) in [5, 5.41) is 15.7. The zero-order chi connectivity index (χ0) is 15.9. The maximum atomic E-state index is 11.7. The minimum absolute atomic E-state index is 0.117. The summed E-state index contributed by atoms with van der Waals surface area (Å²) >= 11 is 0. The molecule has 0 aromatic heterocycles. The molecule has 1 atom stereocenters. The van der Waals surface area contributed by atoms with E-state index in [1.807, 2.05) is 38.1 Å². The number of hydrogen-bond acceptors (Lipinski definition) is 3. The number of aliphatic hydroxyl groups is 1. The van der Waals surface area contributed by atoms with Crippen LogP contribution in [-0.2, 0) is 0 Å². The second-order valence-corrected chi connectivity index (χ2v) is 5.75. The van der Waals surface area contributed by atoms with Gasteiger partial charge in [-0.05, 0) is 44.4 Å². The van der Waals surface area contributed by atoms with Gasteiger partial charge in [-0.25, -0.2) is 4.79 Å². The number of amides is 2. The van der Waals surface area contributed by atoms with Crippen LogP contribution in [0, 0.1) is 0 Å². The predicted molar refractivity (Wildman–Crippen MR) is 85.9 cm³/mol. The van der Waals surface area contributed by atoms with Crippen LogP contribution in [0.2, 0.25) is 0 Å². The molecule has 1 aliphatic carbocycles. The number of aliphatic hydroxyl groups excluding tert-OH is 1. The van der Waals surface area contributed by atoms with Crippen molar-refractivity contribution in [1.29, 1.82) is 0 Å². The fourth-order valence-corrected chi connectivity index (χ4v) is 2.32. The molecule has 1 unspecified atom stereocenters. The maximum absolute atomic E-state index is 11.7. The summed E-state index contributed by atoms with van der Waals surface area (Å²) in [5.41, 5.74) is 0.749. The molecule has 0 fully saturated rings. The normalized spacial score (nSPS) is 15.8. The van der Waals surface area contributed by atoms with E-state index in [0.29, 0.717) is 0 Å². The van der Waals surface area contributed by atoms with Gasteiger partial charge in [0.1, 0.15) is 5.75 Å². The number of benzene rings is 1. The Bertz CT molecular complexity index is 503. The number of carbonyl (C=O) groups is 1. The molecule has 5 heteroatoms. The zero-order valence-corrected chi connectivity index (χ0v) is 13.1. The minimum atomic E-state index is -0.736. The highest BCUT2D eigenvalue weighted by Gasteiger charge is 2.14. The molecule has 0 heterocycles. The number of nitrogens with one attached hydrogen (secondary N) is 2. The Kier molecular flexibility index (Phi) is 5.83. The summed E-state index contributed by atoms with van der Waals surface area (Å²) in [6.07, 6.45) is 5.23. The highest BCUT2D eigenvalue weighted by molar-refractivity contribution is 5.74. The Morgan fingerprint density at radius 1 is 1.27 bits per heavy atom. The van der Waals surface area contributed by atoms with E-state index in [9.17, 15) is 9.90 Å². The first-order chi connectivity index (χ1) is 10.5. The smallest absolute Gasteiger partial charge is 0.315 e. The van der Waals surface area contributed by atoms with Crippen molar-refractivity contribution in [2.45, 2.75) is 44.9 Å². The Morgan fingerprint density at radius 2 is 1.91 bits per heavy atom. The predicted octanol–water partition coefficient (Wildman–Crippen LogP) is 2.53. The molecule has 1 aliphatic rings. The molecule has 2 rings (SSSR count). The number of rotatable bonds is 6. The third-order valence-electron chi connectivity index (χ3n) is 3.44. The van der Waals surface area contributed by atoms with Crippen molar-refractivity contribution in [3.05, 3.63) is 42.0 Å². The van der Waals surface area contributed by atoms with E-state index in [0.717, 1.165) is 24.2 Å². The van der Waals surface area contributed by atoms with Gasteiger partial charge in [-0.3, -0.25) is 0 Å². The topological polar surface area (TPSA) is 70.6 Å². The molecule has 0 bridgehead atoms. The van der Waals surface area contributed by atoms with Crippen LogP contribution in [0.3, 0.4) is 0 Å². The summed E-state index contributed by atoms with van der Waals surface area (Å²) in [4.78, 5) is 11.7. The van der Waals surface area contributed by atoms with Crippen molar-refractivity contribution < 1.29 is 14.6 Å². The Balaban J connectivity index is 1.76. The summed E-state index contributed by atoms with van der Waals surface area (Å²) in [7, 11) is 0. The lowest BCUT2D eigenvalue weighted by Gasteiger charge is -2.16. The first-order valence-electron chi connectivity index (χ1n) is 7.68. The Labute approximate surface area is 131 Å². The van der Waals surface area contributed by atoms with Crippen LogP contribution in [0.5, 0.6) is 5.75 Å². The molecular weight excluding hydrogens is 280 g/mol. The Morgan fingerprint density at radius 3 is 2.50 bits per heavy atom. The van der Waals surface area contributed by atoms with Crippen LogP contribution in [0.4, 0.5) is 4.79 Å². The lowest BCUT2D eigenvalue weighted by atomic mass is 10.1. The number of urea groups is 1. The number of carbonyl (C=O) groups excluding carboxylic acids is 1. The Hall–Kier alpha value is -2.01. The molecule has 0 spiro atoms. The lowest BCUT2D eigenvalue weighted by Crippen LogP contribution is -2.42. The van der Waals surface area contributed by atoms with E-state index in [4.69, 9.17) is 4.74 Å². The second-order valence-electron chi connectivity index (χ2n) is 5.75. The molecule has 1 aromatic carbocycles. The molecule has 0 saturated carbocycles. The van der Waals surface area contributed by atoms with Gasteiger partial charge in [0.05, 0.1) is 12.2 Å². The third kappa shape index (κ3) is 5.07. The van der Waals surface area contributed by atoms with Gasteiger partial charge in [-0.2, -0.15) is 0 Å². The van der Waals surface area contributed by atoms with Crippen LogP contribution in [-0.4, -0.2) is 29.8 Å². The molecular formula is C17H24N2O3. The van der Waals surface area contributed by atoms with Crippen molar-refractivity contribution in [3.63, 3.8) is 0 Å². The van der Waals surface area contributed by atoms with Gasteiger partial charge in [0.25, 0.3) is 0 Å². The van der Waals surface area contributed by atoms with Crippen LogP contribution < -0.4 is 15.4 Å². The second kappa shape index (κ2) is 7.84. The molecule has 2 amide bonds. The number of hydrogen-bond donors (Lipinski definition) is 3. The molecule has 0 saturated heterocycles. The van der Waals surface area contributed by atoms with E-state index in [-0.39, 0.29) is 24.7 Å². The minimum Gasteiger partial charge on any atom is -0.491 e. The van der Waals surface area contributed by atoms with Gasteiger partial charge in [-0.1, -0.05) is 24.3 Å². The first-order valence-corrected chi connectivity index (χ1v) is 7.68. The summed E-state index contributed by atoms with van der Waals surface area (Å²) in [5.74, 6) is 0.769. The quantitative estimate of drug-likeness (QED) is 0.707. The summed E-state index contributed by atoms with van der Waals surface area (Å²) in [6.45, 7) is 4.10. The van der Waals surface area contributed by atoms with Crippen LogP contribution in [0.25, 0.3) is 0 Å². The molecule has 1 aromatic rings. The molecule has 0 aliphatic heterocycles. The SMILES string of the molecule is CC(C)Oc1ccc(C(O)CNC(=O)NC2CC=CC2)cc1. The summed E-state index contributed by atoms with van der Waals surface area (Å²) in [6, 6.07) is 7.19. The zero-order valence-electron chi connectivity index (χ0n) is 13.1. The highest BCUT2D eigenvalue weighted by atomic mass is 16.5. The van der Waals surface area contributed by atoms with Gasteiger partial charge in [-0.15, -0.1) is 0 Å².